The van der Waals surface area contributed by atoms with Gasteiger partial charge in [-0.3, -0.25) is 9.59 Å². The van der Waals surface area contributed by atoms with E-state index in [-0.39, 0.29) is 17.6 Å². The van der Waals surface area contributed by atoms with Crippen molar-refractivity contribution in [2.45, 2.75) is 26.2 Å². The molecule has 136 valence electrons. The fourth-order valence-electron chi connectivity index (χ4n) is 3.11. The number of nitrogens with zero attached hydrogens (tertiary/aromatic N) is 1. The zero-order chi connectivity index (χ0) is 18.6. The van der Waals surface area contributed by atoms with Crippen molar-refractivity contribution in [2.75, 3.05) is 18.0 Å². The topological polar surface area (TPSA) is 49.4 Å². The number of amides is 2. The standard InChI is InChI=1S/C21H23FN2O2/c1-2-24(18-6-4-3-5-7-18)20(26)21(13-14-21)19(25)23-15-12-16-8-10-17(22)11-9-16/h3-11H,2,12-15H2,1H3,(H,23,25). The Hall–Kier alpha value is -2.69. The van der Waals surface area contributed by atoms with E-state index in [1.165, 1.54) is 12.1 Å². The molecule has 2 aromatic carbocycles. The molecular formula is C21H23FN2O2. The maximum absolute atomic E-state index is 13.0. The first-order valence-corrected chi connectivity index (χ1v) is 8.96. The number of hydrogen-bond donors (Lipinski definition) is 1. The molecule has 0 atom stereocenters. The lowest BCUT2D eigenvalue weighted by molar-refractivity contribution is -0.135. The predicted octanol–water partition coefficient (Wildman–Crippen LogP) is 3.32. The Kier molecular flexibility index (Phi) is 5.35. The molecule has 26 heavy (non-hydrogen) atoms. The average molecular weight is 354 g/mol. The molecule has 1 aliphatic carbocycles. The summed E-state index contributed by atoms with van der Waals surface area (Å²) >= 11 is 0. The predicted molar refractivity (Wildman–Crippen MR) is 99.2 cm³/mol. The molecule has 1 N–H and O–H groups in total. The summed E-state index contributed by atoms with van der Waals surface area (Å²) in [5, 5.41) is 2.88. The summed E-state index contributed by atoms with van der Waals surface area (Å²) < 4.78 is 12.9. The maximum Gasteiger partial charge on any atom is 0.242 e. The molecule has 5 heteroatoms. The number of benzene rings is 2. The highest BCUT2D eigenvalue weighted by Crippen LogP contribution is 2.48. The number of carbonyl (C=O) groups excluding carboxylic acids is 2. The molecule has 1 fully saturated rings. The van der Waals surface area contributed by atoms with Crippen LogP contribution in [0.5, 0.6) is 0 Å². The molecule has 1 aliphatic rings. The number of anilines is 1. The van der Waals surface area contributed by atoms with Gasteiger partial charge in [0.25, 0.3) is 0 Å². The van der Waals surface area contributed by atoms with Crippen LogP contribution in [0.25, 0.3) is 0 Å². The molecule has 0 aromatic heterocycles. The van der Waals surface area contributed by atoms with Crippen LogP contribution >= 0.6 is 0 Å². The van der Waals surface area contributed by atoms with Gasteiger partial charge in [-0.2, -0.15) is 0 Å². The number of rotatable bonds is 7. The van der Waals surface area contributed by atoms with Crippen LogP contribution in [0.2, 0.25) is 0 Å². The van der Waals surface area contributed by atoms with Crippen LogP contribution < -0.4 is 10.2 Å². The molecule has 2 amide bonds. The smallest absolute Gasteiger partial charge is 0.242 e. The van der Waals surface area contributed by atoms with Crippen LogP contribution in [0.3, 0.4) is 0 Å². The van der Waals surface area contributed by atoms with E-state index < -0.39 is 5.41 Å². The molecule has 2 aromatic rings. The zero-order valence-electron chi connectivity index (χ0n) is 14.9. The normalized spacial score (nSPS) is 14.5. The van der Waals surface area contributed by atoms with Gasteiger partial charge in [0, 0.05) is 18.8 Å². The monoisotopic (exact) mass is 354 g/mol. The van der Waals surface area contributed by atoms with Gasteiger partial charge in [0.05, 0.1) is 0 Å². The van der Waals surface area contributed by atoms with Crippen LogP contribution in [-0.4, -0.2) is 24.9 Å². The summed E-state index contributed by atoms with van der Waals surface area (Å²) in [7, 11) is 0. The van der Waals surface area contributed by atoms with E-state index in [1.54, 1.807) is 17.0 Å². The van der Waals surface area contributed by atoms with Gasteiger partial charge in [-0.05, 0) is 56.0 Å². The number of nitrogens with one attached hydrogen (secondary N) is 1. The van der Waals surface area contributed by atoms with E-state index in [4.69, 9.17) is 0 Å². The Morgan fingerprint density at radius 2 is 1.73 bits per heavy atom. The Labute approximate surface area is 153 Å². The highest BCUT2D eigenvalue weighted by atomic mass is 19.1. The highest BCUT2D eigenvalue weighted by Gasteiger charge is 2.57. The van der Waals surface area contributed by atoms with Crippen LogP contribution in [-0.2, 0) is 16.0 Å². The fourth-order valence-corrected chi connectivity index (χ4v) is 3.11. The SMILES string of the molecule is CCN(C(=O)C1(C(=O)NCCc2ccc(F)cc2)CC1)c1ccccc1. The molecule has 1 saturated carbocycles. The van der Waals surface area contributed by atoms with Crippen LogP contribution in [0.15, 0.2) is 54.6 Å². The van der Waals surface area contributed by atoms with Gasteiger partial charge in [0.15, 0.2) is 0 Å². The zero-order valence-corrected chi connectivity index (χ0v) is 14.9. The van der Waals surface area contributed by atoms with Gasteiger partial charge in [-0.25, -0.2) is 4.39 Å². The second kappa shape index (κ2) is 7.68. The van der Waals surface area contributed by atoms with E-state index in [1.807, 2.05) is 37.3 Å². The van der Waals surface area contributed by atoms with Crippen molar-refractivity contribution in [3.05, 3.63) is 66.0 Å². The minimum absolute atomic E-state index is 0.134. The van der Waals surface area contributed by atoms with Gasteiger partial charge >= 0.3 is 0 Å². The van der Waals surface area contributed by atoms with E-state index in [2.05, 4.69) is 5.32 Å². The molecule has 0 bridgehead atoms. The first-order chi connectivity index (χ1) is 12.6. The quantitative estimate of drug-likeness (QED) is 0.776. The summed E-state index contributed by atoms with van der Waals surface area (Å²) in [5.74, 6) is -0.620. The first kappa shape index (κ1) is 18.1. The molecule has 0 unspecified atom stereocenters. The Bertz CT molecular complexity index is 770. The van der Waals surface area contributed by atoms with E-state index in [0.29, 0.717) is 32.4 Å². The third kappa shape index (κ3) is 3.77. The van der Waals surface area contributed by atoms with Crippen LogP contribution in [0.4, 0.5) is 10.1 Å². The molecule has 3 rings (SSSR count). The minimum atomic E-state index is -0.936. The lowest BCUT2D eigenvalue weighted by Crippen LogP contribution is -2.45. The maximum atomic E-state index is 13.0. The Morgan fingerprint density at radius 3 is 2.31 bits per heavy atom. The van der Waals surface area contributed by atoms with Crippen molar-refractivity contribution in [1.82, 2.24) is 5.32 Å². The first-order valence-electron chi connectivity index (χ1n) is 8.96. The number of para-hydroxylation sites is 1. The summed E-state index contributed by atoms with van der Waals surface area (Å²) in [6, 6.07) is 15.6. The Morgan fingerprint density at radius 1 is 1.08 bits per heavy atom. The highest BCUT2D eigenvalue weighted by molar-refractivity contribution is 6.14. The average Bonchev–Trinajstić information content (AvgIpc) is 3.47. The van der Waals surface area contributed by atoms with Gasteiger partial charge in [0.1, 0.15) is 11.2 Å². The summed E-state index contributed by atoms with van der Waals surface area (Å²) in [6.07, 6.45) is 1.77. The summed E-state index contributed by atoms with van der Waals surface area (Å²) in [4.78, 5) is 27.3. The van der Waals surface area contributed by atoms with Gasteiger partial charge in [-0.1, -0.05) is 30.3 Å². The van der Waals surface area contributed by atoms with E-state index in [9.17, 15) is 14.0 Å². The molecule has 0 saturated heterocycles. The summed E-state index contributed by atoms with van der Waals surface area (Å²) in [5.41, 5.74) is 0.821. The third-order valence-electron chi connectivity index (χ3n) is 4.84. The van der Waals surface area contributed by atoms with Crippen molar-refractivity contribution >= 4 is 17.5 Å². The number of carbonyl (C=O) groups is 2. The van der Waals surface area contributed by atoms with Crippen molar-refractivity contribution in [1.29, 1.82) is 0 Å². The van der Waals surface area contributed by atoms with Crippen molar-refractivity contribution in [3.8, 4) is 0 Å². The minimum Gasteiger partial charge on any atom is -0.355 e. The fraction of sp³-hybridized carbons (Fsp3) is 0.333. The van der Waals surface area contributed by atoms with Gasteiger partial charge in [0.2, 0.25) is 11.8 Å². The van der Waals surface area contributed by atoms with Crippen LogP contribution in [0, 0.1) is 11.2 Å². The number of halogens is 1. The van der Waals surface area contributed by atoms with Crippen molar-refractivity contribution < 1.29 is 14.0 Å². The summed E-state index contributed by atoms with van der Waals surface area (Å²) in [6.45, 7) is 2.86. The molecule has 0 aliphatic heterocycles. The lowest BCUT2D eigenvalue weighted by atomic mass is 10.0. The molecule has 0 radical (unpaired) electrons. The Balaban J connectivity index is 1.61. The second-order valence-corrected chi connectivity index (χ2v) is 6.60. The van der Waals surface area contributed by atoms with Crippen molar-refractivity contribution in [3.63, 3.8) is 0 Å². The van der Waals surface area contributed by atoms with E-state index >= 15 is 0 Å². The van der Waals surface area contributed by atoms with Gasteiger partial charge < -0.3 is 10.2 Å². The third-order valence-corrected chi connectivity index (χ3v) is 4.84. The lowest BCUT2D eigenvalue weighted by Gasteiger charge is -2.26. The molecule has 4 nitrogen and oxygen atoms in total. The molecular weight excluding hydrogens is 331 g/mol. The molecule has 0 heterocycles. The molecule has 0 spiro atoms. The van der Waals surface area contributed by atoms with Crippen molar-refractivity contribution in [2.24, 2.45) is 5.41 Å². The second-order valence-electron chi connectivity index (χ2n) is 6.60. The van der Waals surface area contributed by atoms with Crippen LogP contribution in [0.1, 0.15) is 25.3 Å². The van der Waals surface area contributed by atoms with Gasteiger partial charge in [-0.15, -0.1) is 0 Å². The largest absolute Gasteiger partial charge is 0.355 e. The number of hydrogen-bond acceptors (Lipinski definition) is 2. The van der Waals surface area contributed by atoms with E-state index in [0.717, 1.165) is 11.3 Å².